The maximum absolute atomic E-state index is 12.3. The second-order valence-corrected chi connectivity index (χ2v) is 11.1. The Morgan fingerprint density at radius 1 is 1.16 bits per heavy atom. The lowest BCUT2D eigenvalue weighted by Crippen LogP contribution is -2.68. The predicted molar refractivity (Wildman–Crippen MR) is 116 cm³/mol. The van der Waals surface area contributed by atoms with Gasteiger partial charge in [-0.3, -0.25) is 0 Å². The minimum Gasteiger partial charge on any atom is -0.458 e. The maximum Gasteiger partial charge on any atom is 0.337 e. The van der Waals surface area contributed by atoms with Crippen LogP contribution in [0.25, 0.3) is 0 Å². The highest BCUT2D eigenvalue weighted by Crippen LogP contribution is 2.70. The number of hydrogen-bond acceptors (Lipinski definition) is 6. The molecule has 1 aliphatic heterocycles. The lowest BCUT2D eigenvalue weighted by Gasteiger charge is -2.65. The van der Waals surface area contributed by atoms with Crippen LogP contribution in [0.3, 0.4) is 0 Å². The smallest absolute Gasteiger partial charge is 0.337 e. The fourth-order valence-electron chi connectivity index (χ4n) is 8.54. The minimum atomic E-state index is -1.18. The molecule has 0 aromatic heterocycles. The molecule has 0 aromatic carbocycles. The van der Waals surface area contributed by atoms with Crippen molar-refractivity contribution in [2.75, 3.05) is 6.61 Å². The molecule has 0 saturated heterocycles. The molecule has 2 amide bonds. The van der Waals surface area contributed by atoms with Gasteiger partial charge in [0.2, 0.25) is 0 Å². The number of aliphatic hydroxyl groups excluding tert-OH is 1. The van der Waals surface area contributed by atoms with Gasteiger partial charge in [0.1, 0.15) is 6.61 Å². The lowest BCUT2D eigenvalue weighted by molar-refractivity contribution is -0.237. The average molecular weight is 447 g/mol. The number of esters is 1. The molecule has 4 saturated carbocycles. The van der Waals surface area contributed by atoms with Crippen LogP contribution in [0.2, 0.25) is 0 Å². The summed E-state index contributed by atoms with van der Waals surface area (Å²) in [6, 6.07) is -0.798. The zero-order valence-corrected chi connectivity index (χ0v) is 18.6. The van der Waals surface area contributed by atoms with Gasteiger partial charge in [-0.2, -0.15) is 0 Å². The number of aliphatic hydroxyl groups is 3. The largest absolute Gasteiger partial charge is 0.458 e. The molecule has 32 heavy (non-hydrogen) atoms. The second kappa shape index (κ2) is 7.11. The summed E-state index contributed by atoms with van der Waals surface area (Å²) in [5.41, 5.74) is 3.00. The van der Waals surface area contributed by atoms with E-state index in [1.807, 2.05) is 0 Å². The van der Waals surface area contributed by atoms with Crippen LogP contribution in [0, 0.1) is 28.6 Å². The Bertz CT molecular complexity index is 903. The van der Waals surface area contributed by atoms with Gasteiger partial charge in [0, 0.05) is 29.5 Å². The van der Waals surface area contributed by atoms with Gasteiger partial charge >= 0.3 is 12.0 Å². The Hall–Kier alpha value is -1.77. The second-order valence-electron chi connectivity index (χ2n) is 11.1. The first-order valence-electron chi connectivity index (χ1n) is 11.9. The van der Waals surface area contributed by atoms with E-state index in [2.05, 4.69) is 11.9 Å². The molecule has 0 aromatic rings. The molecule has 5 aliphatic rings. The van der Waals surface area contributed by atoms with Crippen LogP contribution in [-0.2, 0) is 9.53 Å². The standard InChI is InChI=1S/C24H34N2O6/c1-21-6-3-17-18(24(21,31)9-5-16(21)14-10-19(28)32-12-14)4-8-23(30)11-15(27)2-7-22(17,23)13-26-20(25)29/h10,13,15-18,27,30-31H,2-9,11-12H2,1H3,(H2,25,29)/b26-13+/t15-,16+,17?,18?,21+,22-,23-,24-/m0/s1. The Kier molecular flexibility index (Phi) is 4.90. The van der Waals surface area contributed by atoms with Crippen LogP contribution < -0.4 is 5.73 Å². The molecule has 5 N–H and O–H groups in total. The van der Waals surface area contributed by atoms with Crippen LogP contribution in [0.4, 0.5) is 4.79 Å². The third-order valence-electron chi connectivity index (χ3n) is 10.1. The molecule has 8 heteroatoms. The number of carbonyl (C=O) groups is 2. The monoisotopic (exact) mass is 446 g/mol. The van der Waals surface area contributed by atoms with E-state index in [9.17, 15) is 24.9 Å². The van der Waals surface area contributed by atoms with Gasteiger partial charge in [-0.05, 0) is 74.7 Å². The Balaban J connectivity index is 1.54. The summed E-state index contributed by atoms with van der Waals surface area (Å²) in [6.07, 6.45) is 7.84. The number of carbonyl (C=O) groups excluding carboxylic acids is 2. The van der Waals surface area contributed by atoms with Crippen LogP contribution in [0.5, 0.6) is 0 Å². The van der Waals surface area contributed by atoms with E-state index in [1.165, 1.54) is 0 Å². The van der Waals surface area contributed by atoms with Gasteiger partial charge in [-0.1, -0.05) is 6.92 Å². The summed E-state index contributed by atoms with van der Waals surface area (Å²) >= 11 is 0. The highest BCUT2D eigenvalue weighted by Gasteiger charge is 2.71. The van der Waals surface area contributed by atoms with Gasteiger partial charge in [-0.15, -0.1) is 0 Å². The first-order chi connectivity index (χ1) is 15.0. The first kappa shape index (κ1) is 22.0. The summed E-state index contributed by atoms with van der Waals surface area (Å²) < 4.78 is 5.18. The van der Waals surface area contributed by atoms with Crippen molar-refractivity contribution in [2.24, 2.45) is 39.3 Å². The summed E-state index contributed by atoms with van der Waals surface area (Å²) in [5.74, 6) is -0.356. The van der Waals surface area contributed by atoms with Gasteiger partial charge in [-0.25, -0.2) is 14.6 Å². The molecule has 5 rings (SSSR count). The van der Waals surface area contributed by atoms with Crippen molar-refractivity contribution in [1.29, 1.82) is 0 Å². The normalized spacial score (nSPS) is 50.4. The van der Waals surface area contributed by atoms with Gasteiger partial charge < -0.3 is 25.8 Å². The summed E-state index contributed by atoms with van der Waals surface area (Å²) in [5, 5.41) is 34.3. The predicted octanol–water partition coefficient (Wildman–Crippen LogP) is 1.85. The van der Waals surface area contributed by atoms with Crippen molar-refractivity contribution in [3.05, 3.63) is 11.6 Å². The third-order valence-corrected chi connectivity index (χ3v) is 10.1. The van der Waals surface area contributed by atoms with Crippen molar-refractivity contribution >= 4 is 18.2 Å². The summed E-state index contributed by atoms with van der Waals surface area (Å²) in [7, 11) is 0. The number of ether oxygens (including phenoxy) is 1. The number of primary amides is 1. The number of amides is 2. The molecule has 8 atom stereocenters. The van der Waals surface area contributed by atoms with E-state index < -0.39 is 28.8 Å². The number of nitrogens with zero attached hydrogens (tertiary/aromatic N) is 1. The highest BCUT2D eigenvalue weighted by atomic mass is 16.5. The molecule has 8 nitrogen and oxygen atoms in total. The van der Waals surface area contributed by atoms with E-state index >= 15 is 0 Å². The van der Waals surface area contributed by atoms with E-state index in [1.54, 1.807) is 12.3 Å². The number of aliphatic imine (C=N–C) groups is 1. The Labute approximate surface area is 187 Å². The number of fused-ring (bicyclic) bond motifs is 5. The van der Waals surface area contributed by atoms with Crippen LogP contribution >= 0.6 is 0 Å². The molecule has 0 radical (unpaired) electrons. The zero-order chi connectivity index (χ0) is 22.9. The number of urea groups is 1. The number of nitrogens with two attached hydrogens (primary N) is 1. The number of rotatable bonds is 2. The quantitative estimate of drug-likeness (QED) is 0.377. The molecule has 2 unspecified atom stereocenters. The molecule has 1 heterocycles. The van der Waals surface area contributed by atoms with Gasteiger partial charge in [0.05, 0.1) is 17.3 Å². The third kappa shape index (κ3) is 2.82. The average Bonchev–Trinajstić information content (AvgIpc) is 3.26. The number of hydrogen-bond donors (Lipinski definition) is 4. The maximum atomic E-state index is 12.3. The first-order valence-corrected chi connectivity index (χ1v) is 11.9. The Morgan fingerprint density at radius 3 is 2.59 bits per heavy atom. The molecule has 4 aliphatic carbocycles. The molecule has 4 fully saturated rings. The fraction of sp³-hybridized carbons (Fsp3) is 0.792. The summed E-state index contributed by atoms with van der Waals surface area (Å²) in [4.78, 5) is 27.2. The fourth-order valence-corrected chi connectivity index (χ4v) is 8.54. The van der Waals surface area contributed by atoms with Crippen LogP contribution in [0.1, 0.15) is 64.7 Å². The van der Waals surface area contributed by atoms with Crippen molar-refractivity contribution in [3.63, 3.8) is 0 Å². The minimum absolute atomic E-state index is 0.0656. The molecule has 176 valence electrons. The van der Waals surface area contributed by atoms with E-state index in [-0.39, 0.29) is 35.6 Å². The summed E-state index contributed by atoms with van der Waals surface area (Å²) in [6.45, 7) is 2.44. The molecular formula is C24H34N2O6. The Morgan fingerprint density at radius 2 is 1.91 bits per heavy atom. The number of cyclic esters (lactones) is 1. The highest BCUT2D eigenvalue weighted by molar-refractivity contribution is 5.86. The molecule has 0 spiro atoms. The van der Waals surface area contributed by atoms with Gasteiger partial charge in [0.15, 0.2) is 0 Å². The van der Waals surface area contributed by atoms with Crippen LogP contribution in [0.15, 0.2) is 16.6 Å². The van der Waals surface area contributed by atoms with Crippen molar-refractivity contribution in [1.82, 2.24) is 0 Å². The van der Waals surface area contributed by atoms with E-state index in [0.717, 1.165) is 24.8 Å². The van der Waals surface area contributed by atoms with Crippen LogP contribution in [-0.4, -0.2) is 57.4 Å². The molecule has 0 bridgehead atoms. The van der Waals surface area contributed by atoms with Crippen molar-refractivity contribution < 1.29 is 29.6 Å². The van der Waals surface area contributed by atoms with E-state index in [4.69, 9.17) is 10.5 Å². The zero-order valence-electron chi connectivity index (χ0n) is 18.6. The topological polar surface area (TPSA) is 142 Å². The van der Waals surface area contributed by atoms with E-state index in [0.29, 0.717) is 38.7 Å². The van der Waals surface area contributed by atoms with Gasteiger partial charge in [0.25, 0.3) is 0 Å². The lowest BCUT2D eigenvalue weighted by atomic mass is 9.41. The van der Waals surface area contributed by atoms with Crippen molar-refractivity contribution in [2.45, 2.75) is 82.0 Å². The van der Waals surface area contributed by atoms with Crippen molar-refractivity contribution in [3.8, 4) is 0 Å². The SMILES string of the molecule is C[C@]12CCC3C(CC[C@]4(O)C[C@@H](O)CC[C@]34/C=N/C(N)=O)[C@@]1(O)CC[C@@H]2C1=CC(=O)OC1. The molecular weight excluding hydrogens is 412 g/mol.